The Morgan fingerprint density at radius 1 is 1.29 bits per heavy atom. The Morgan fingerprint density at radius 3 is 2.55 bits per heavy atom. The summed E-state index contributed by atoms with van der Waals surface area (Å²) >= 11 is 7.62. The van der Waals surface area contributed by atoms with Gasteiger partial charge in [0.1, 0.15) is 17.6 Å². The minimum Gasteiger partial charge on any atom is -0.480 e. The van der Waals surface area contributed by atoms with E-state index in [2.05, 4.69) is 28.6 Å². The van der Waals surface area contributed by atoms with Crippen LogP contribution in [0.15, 0.2) is 48.5 Å². The van der Waals surface area contributed by atoms with Gasteiger partial charge in [-0.25, -0.2) is 4.79 Å². The number of likely N-dealkylation sites (tertiary alicyclic amines) is 1. The molecule has 1 saturated heterocycles. The highest BCUT2D eigenvalue weighted by Crippen LogP contribution is 2.43. The Labute approximate surface area is 234 Å². The molecule has 10 nitrogen and oxygen atoms in total. The van der Waals surface area contributed by atoms with Crippen molar-refractivity contribution in [2.45, 2.75) is 43.8 Å². The fourth-order valence-electron chi connectivity index (χ4n) is 5.04. The van der Waals surface area contributed by atoms with Crippen molar-refractivity contribution in [3.63, 3.8) is 0 Å². The zero-order chi connectivity index (χ0) is 28.2. The Balaban J connectivity index is 2.09. The average Bonchev–Trinajstić information content (AvgIpc) is 3.35. The lowest BCUT2D eigenvalue weighted by molar-refractivity contribution is -0.773. The number of carbonyl (C=O) groups is 3. The quantitative estimate of drug-likeness (QED) is 0.115. The van der Waals surface area contributed by atoms with Crippen molar-refractivity contribution < 1.29 is 29.4 Å². The number of ketones is 1. The topological polar surface area (TPSA) is 153 Å². The SMILES string of the molecule is C[C@H](N)C(=O)C(C)(CS)C(=O)N1CCC(C(O[N+](=O)[O-])c2ccccc2-c2cccc(CBr)c2)[C@H]1C(=O)O. The summed E-state index contributed by atoms with van der Waals surface area (Å²) in [6, 6.07) is 12.0. The number of carbonyl (C=O) groups excluding carboxylic acids is 2. The van der Waals surface area contributed by atoms with Crippen molar-refractivity contribution in [2.24, 2.45) is 17.1 Å². The minimum absolute atomic E-state index is 0.0329. The lowest BCUT2D eigenvalue weighted by atomic mass is 9.82. The van der Waals surface area contributed by atoms with Gasteiger partial charge in [0.2, 0.25) is 5.91 Å². The maximum atomic E-state index is 13.6. The Kier molecular flexibility index (Phi) is 9.55. The zero-order valence-electron chi connectivity index (χ0n) is 21.0. The second kappa shape index (κ2) is 12.3. The van der Waals surface area contributed by atoms with Gasteiger partial charge < -0.3 is 20.6 Å². The highest BCUT2D eigenvalue weighted by molar-refractivity contribution is 9.08. The first-order chi connectivity index (χ1) is 18.0. The predicted octanol–water partition coefficient (Wildman–Crippen LogP) is 3.65. The number of alkyl halides is 1. The number of rotatable bonds is 11. The fraction of sp³-hybridized carbons (Fsp3) is 0.423. The lowest BCUT2D eigenvalue weighted by Crippen LogP contribution is -2.55. The summed E-state index contributed by atoms with van der Waals surface area (Å²) in [7, 11) is 0. The number of nitrogens with two attached hydrogens (primary N) is 1. The molecule has 2 aromatic carbocycles. The van der Waals surface area contributed by atoms with Crippen molar-refractivity contribution in [1.29, 1.82) is 0 Å². The smallest absolute Gasteiger partial charge is 0.326 e. The minimum atomic E-state index is -1.66. The molecule has 0 spiro atoms. The molecule has 12 heteroatoms. The number of carboxylic acids is 1. The van der Waals surface area contributed by atoms with Crippen LogP contribution in [0.2, 0.25) is 0 Å². The van der Waals surface area contributed by atoms with Crippen molar-refractivity contribution in [1.82, 2.24) is 4.90 Å². The van der Waals surface area contributed by atoms with Crippen LogP contribution >= 0.6 is 28.6 Å². The zero-order valence-corrected chi connectivity index (χ0v) is 23.4. The molecule has 3 N–H and O–H groups in total. The second-order valence-corrected chi connectivity index (χ2v) is 10.4. The summed E-state index contributed by atoms with van der Waals surface area (Å²) < 4.78 is 0. The summed E-state index contributed by atoms with van der Waals surface area (Å²) in [5, 5.41) is 21.5. The first kappa shape index (κ1) is 29.6. The highest BCUT2D eigenvalue weighted by Gasteiger charge is 2.53. The van der Waals surface area contributed by atoms with E-state index >= 15 is 0 Å². The molecule has 0 aliphatic carbocycles. The summed E-state index contributed by atoms with van der Waals surface area (Å²) in [5.74, 6) is -3.81. The Bertz CT molecular complexity index is 1230. The van der Waals surface area contributed by atoms with Gasteiger partial charge in [-0.1, -0.05) is 64.5 Å². The number of nitrogens with zero attached hydrogens (tertiary/aromatic N) is 2. The molecule has 1 fully saturated rings. The predicted molar refractivity (Wildman–Crippen MR) is 147 cm³/mol. The molecule has 3 unspecified atom stereocenters. The van der Waals surface area contributed by atoms with E-state index in [1.54, 1.807) is 24.3 Å². The molecule has 204 valence electrons. The molecule has 0 radical (unpaired) electrons. The number of Topliss-reactive ketones (excluding diaryl/α,β-unsaturated/α-hetero) is 1. The van der Waals surface area contributed by atoms with Gasteiger partial charge in [-0.3, -0.25) is 9.59 Å². The van der Waals surface area contributed by atoms with Crippen molar-refractivity contribution >= 4 is 46.2 Å². The van der Waals surface area contributed by atoms with Crippen LogP contribution in [-0.2, 0) is 24.6 Å². The van der Waals surface area contributed by atoms with Crippen LogP contribution in [-0.4, -0.2) is 57.1 Å². The number of halogens is 1. The van der Waals surface area contributed by atoms with E-state index in [1.807, 2.05) is 24.3 Å². The number of hydrogen-bond acceptors (Lipinski definition) is 8. The van der Waals surface area contributed by atoms with Crippen LogP contribution in [0.1, 0.15) is 37.5 Å². The number of amides is 1. The largest absolute Gasteiger partial charge is 0.480 e. The third kappa shape index (κ3) is 5.87. The molecule has 0 bridgehead atoms. The second-order valence-electron chi connectivity index (χ2n) is 9.55. The van der Waals surface area contributed by atoms with Crippen molar-refractivity contribution in [2.75, 3.05) is 12.3 Å². The first-order valence-electron chi connectivity index (χ1n) is 12.0. The molecular formula is C26H30BrN3O7S. The monoisotopic (exact) mass is 607 g/mol. The van der Waals surface area contributed by atoms with E-state index in [0.29, 0.717) is 16.5 Å². The van der Waals surface area contributed by atoms with Gasteiger partial charge in [0.05, 0.1) is 6.04 Å². The summed E-state index contributed by atoms with van der Waals surface area (Å²) in [6.45, 7) is 2.80. The average molecular weight is 609 g/mol. The lowest BCUT2D eigenvalue weighted by Gasteiger charge is -2.35. The summed E-state index contributed by atoms with van der Waals surface area (Å²) in [5.41, 5.74) is 6.92. The molecule has 38 heavy (non-hydrogen) atoms. The van der Waals surface area contributed by atoms with Crippen LogP contribution in [0.25, 0.3) is 11.1 Å². The molecule has 1 aliphatic heterocycles. The van der Waals surface area contributed by atoms with Gasteiger partial charge in [-0.15, -0.1) is 10.1 Å². The van der Waals surface area contributed by atoms with E-state index < -0.39 is 52.3 Å². The van der Waals surface area contributed by atoms with Gasteiger partial charge in [-0.2, -0.15) is 12.6 Å². The van der Waals surface area contributed by atoms with Crippen LogP contribution in [0.4, 0.5) is 0 Å². The molecule has 1 aliphatic rings. The number of hydrogen-bond donors (Lipinski definition) is 3. The summed E-state index contributed by atoms with van der Waals surface area (Å²) in [4.78, 5) is 56.9. The van der Waals surface area contributed by atoms with Gasteiger partial charge >= 0.3 is 5.97 Å². The van der Waals surface area contributed by atoms with Crippen molar-refractivity contribution in [3.05, 3.63) is 69.8 Å². The molecule has 0 saturated carbocycles. The number of aliphatic carboxylic acids is 1. The Morgan fingerprint density at radius 2 is 1.97 bits per heavy atom. The number of carboxylic acid groups (broad SMARTS) is 1. The van der Waals surface area contributed by atoms with E-state index in [1.165, 1.54) is 13.8 Å². The molecule has 1 amide bonds. The number of benzene rings is 2. The van der Waals surface area contributed by atoms with Crippen LogP contribution < -0.4 is 5.73 Å². The van der Waals surface area contributed by atoms with E-state index in [0.717, 1.165) is 16.0 Å². The fourth-order valence-corrected chi connectivity index (χ4v) is 5.68. The highest BCUT2D eigenvalue weighted by atomic mass is 79.9. The standard InChI is InChI=1S/C26H30BrN3O7S/c1-15(28)23(31)26(2,14-38)25(34)29-11-10-20(21(29)24(32)33)22(37-30(35)36)19-9-4-3-8-18(19)17-7-5-6-16(12-17)13-27/h3-9,12,15,20-22,38H,10-11,13-14,28H2,1-2H3,(H,32,33)/t15-,20?,21-,22?,26?/m0/s1. The van der Waals surface area contributed by atoms with E-state index in [9.17, 15) is 29.6 Å². The van der Waals surface area contributed by atoms with Gasteiger partial charge in [-0.05, 0) is 42.5 Å². The van der Waals surface area contributed by atoms with Crippen LogP contribution in [0, 0.1) is 21.4 Å². The molecular weight excluding hydrogens is 578 g/mol. The van der Waals surface area contributed by atoms with Gasteiger partial charge in [0, 0.05) is 23.5 Å². The Hall–Kier alpha value is -2.96. The maximum Gasteiger partial charge on any atom is 0.326 e. The van der Waals surface area contributed by atoms with Gasteiger partial charge in [0.25, 0.3) is 5.09 Å². The van der Waals surface area contributed by atoms with Gasteiger partial charge in [0.15, 0.2) is 5.78 Å². The van der Waals surface area contributed by atoms with E-state index in [4.69, 9.17) is 10.6 Å². The third-order valence-electron chi connectivity index (χ3n) is 6.95. The van der Waals surface area contributed by atoms with Crippen LogP contribution in [0.5, 0.6) is 0 Å². The normalized spacial score (nSPS) is 20.3. The molecule has 0 aromatic heterocycles. The molecule has 2 aromatic rings. The van der Waals surface area contributed by atoms with Crippen molar-refractivity contribution in [3.8, 4) is 11.1 Å². The molecule has 3 rings (SSSR count). The van der Waals surface area contributed by atoms with E-state index in [-0.39, 0.29) is 18.7 Å². The number of thiol groups is 1. The maximum absolute atomic E-state index is 13.6. The first-order valence-corrected chi connectivity index (χ1v) is 13.7. The summed E-state index contributed by atoms with van der Waals surface area (Å²) in [6.07, 6.45) is -1.19. The molecule has 5 atom stereocenters. The third-order valence-corrected chi connectivity index (χ3v) is 8.23. The molecule has 1 heterocycles. The van der Waals surface area contributed by atoms with Crippen LogP contribution in [0.3, 0.4) is 0 Å².